The maximum Gasteiger partial charge on any atom is 0.0239 e. The molecule has 0 aliphatic heterocycles. The molecule has 0 bridgehead atoms. The SMILES string of the molecule is CCc1ccc(CC2(N)CCc3ccccc3C2)cc1. The van der Waals surface area contributed by atoms with E-state index in [1.54, 1.807) is 0 Å². The van der Waals surface area contributed by atoms with Crippen molar-refractivity contribution >= 4 is 0 Å². The van der Waals surface area contributed by atoms with Gasteiger partial charge in [-0.2, -0.15) is 0 Å². The van der Waals surface area contributed by atoms with Crippen LogP contribution in [0.3, 0.4) is 0 Å². The van der Waals surface area contributed by atoms with E-state index in [0.29, 0.717) is 0 Å². The van der Waals surface area contributed by atoms with E-state index in [2.05, 4.69) is 55.5 Å². The Labute approximate surface area is 121 Å². The molecule has 2 N–H and O–H groups in total. The van der Waals surface area contributed by atoms with E-state index in [-0.39, 0.29) is 5.54 Å². The summed E-state index contributed by atoms with van der Waals surface area (Å²) < 4.78 is 0. The molecule has 0 saturated heterocycles. The first-order valence-corrected chi connectivity index (χ1v) is 7.62. The third-order valence-corrected chi connectivity index (χ3v) is 4.54. The normalized spacial score (nSPS) is 21.5. The van der Waals surface area contributed by atoms with Crippen molar-refractivity contribution in [1.82, 2.24) is 0 Å². The first-order valence-electron chi connectivity index (χ1n) is 7.62. The van der Waals surface area contributed by atoms with Gasteiger partial charge in [0, 0.05) is 5.54 Å². The van der Waals surface area contributed by atoms with Crippen molar-refractivity contribution in [3.8, 4) is 0 Å². The summed E-state index contributed by atoms with van der Waals surface area (Å²) in [4.78, 5) is 0. The molecule has 20 heavy (non-hydrogen) atoms. The number of fused-ring (bicyclic) bond motifs is 1. The largest absolute Gasteiger partial charge is 0.324 e. The van der Waals surface area contributed by atoms with Gasteiger partial charge >= 0.3 is 0 Å². The summed E-state index contributed by atoms with van der Waals surface area (Å²) >= 11 is 0. The van der Waals surface area contributed by atoms with E-state index in [1.165, 1.54) is 22.3 Å². The molecule has 0 spiro atoms. The van der Waals surface area contributed by atoms with Gasteiger partial charge in [-0.3, -0.25) is 0 Å². The summed E-state index contributed by atoms with van der Waals surface area (Å²) in [6.07, 6.45) is 5.27. The first kappa shape index (κ1) is 13.4. The number of hydrogen-bond donors (Lipinski definition) is 1. The highest BCUT2D eigenvalue weighted by Gasteiger charge is 2.30. The van der Waals surface area contributed by atoms with E-state index in [0.717, 1.165) is 32.1 Å². The molecule has 1 nitrogen and oxygen atoms in total. The second-order valence-electron chi connectivity index (χ2n) is 6.15. The average molecular weight is 265 g/mol. The maximum absolute atomic E-state index is 6.68. The molecule has 104 valence electrons. The second-order valence-corrected chi connectivity index (χ2v) is 6.15. The molecule has 0 amide bonds. The second kappa shape index (κ2) is 5.41. The van der Waals surface area contributed by atoms with Gasteiger partial charge in [-0.15, -0.1) is 0 Å². The predicted octanol–water partition coefficient (Wildman–Crippen LogP) is 3.68. The summed E-state index contributed by atoms with van der Waals surface area (Å²) in [7, 11) is 0. The third-order valence-electron chi connectivity index (χ3n) is 4.54. The lowest BCUT2D eigenvalue weighted by molar-refractivity contribution is 0.369. The fraction of sp³-hybridized carbons (Fsp3) is 0.368. The maximum atomic E-state index is 6.68. The highest BCUT2D eigenvalue weighted by molar-refractivity contribution is 5.33. The van der Waals surface area contributed by atoms with E-state index >= 15 is 0 Å². The topological polar surface area (TPSA) is 26.0 Å². The van der Waals surface area contributed by atoms with Crippen molar-refractivity contribution in [3.05, 3.63) is 70.8 Å². The van der Waals surface area contributed by atoms with Crippen molar-refractivity contribution < 1.29 is 0 Å². The molecule has 0 saturated carbocycles. The Hall–Kier alpha value is -1.60. The summed E-state index contributed by atoms with van der Waals surface area (Å²) in [6, 6.07) is 17.7. The van der Waals surface area contributed by atoms with Crippen LogP contribution in [0.4, 0.5) is 0 Å². The number of rotatable bonds is 3. The molecule has 0 heterocycles. The van der Waals surface area contributed by atoms with Crippen LogP contribution in [0.15, 0.2) is 48.5 Å². The molecule has 2 aromatic carbocycles. The monoisotopic (exact) mass is 265 g/mol. The zero-order valence-electron chi connectivity index (χ0n) is 12.2. The van der Waals surface area contributed by atoms with Crippen molar-refractivity contribution in [1.29, 1.82) is 0 Å². The van der Waals surface area contributed by atoms with Gasteiger partial charge in [0.1, 0.15) is 0 Å². The Morgan fingerprint density at radius 3 is 2.30 bits per heavy atom. The van der Waals surface area contributed by atoms with Gasteiger partial charge in [0.05, 0.1) is 0 Å². The summed E-state index contributed by atoms with van der Waals surface area (Å²) in [6.45, 7) is 2.19. The van der Waals surface area contributed by atoms with Gasteiger partial charge in [-0.05, 0) is 54.4 Å². The minimum Gasteiger partial charge on any atom is -0.324 e. The van der Waals surface area contributed by atoms with Gasteiger partial charge in [0.2, 0.25) is 0 Å². The number of benzene rings is 2. The fourth-order valence-electron chi connectivity index (χ4n) is 3.28. The molecular formula is C19H23N. The Kier molecular flexibility index (Phi) is 3.62. The zero-order valence-corrected chi connectivity index (χ0v) is 12.2. The lowest BCUT2D eigenvalue weighted by atomic mass is 9.75. The van der Waals surface area contributed by atoms with Crippen LogP contribution < -0.4 is 5.73 Å². The molecule has 0 aromatic heterocycles. The summed E-state index contributed by atoms with van der Waals surface area (Å²) in [5.41, 5.74) is 12.3. The van der Waals surface area contributed by atoms with Crippen LogP contribution in [-0.2, 0) is 25.7 Å². The molecule has 1 atom stereocenters. The lowest BCUT2D eigenvalue weighted by Crippen LogP contribution is -2.47. The Morgan fingerprint density at radius 1 is 0.950 bits per heavy atom. The van der Waals surface area contributed by atoms with E-state index in [9.17, 15) is 0 Å². The van der Waals surface area contributed by atoms with Crippen molar-refractivity contribution in [3.63, 3.8) is 0 Å². The number of nitrogens with two attached hydrogens (primary N) is 1. The minimum atomic E-state index is -0.0813. The quantitative estimate of drug-likeness (QED) is 0.900. The zero-order chi connectivity index (χ0) is 14.0. The fourth-order valence-corrected chi connectivity index (χ4v) is 3.28. The highest BCUT2D eigenvalue weighted by atomic mass is 14.7. The number of aryl methyl sites for hydroxylation is 2. The molecule has 1 aliphatic rings. The highest BCUT2D eigenvalue weighted by Crippen LogP contribution is 2.29. The first-order chi connectivity index (χ1) is 9.68. The molecule has 1 heteroatoms. The average Bonchev–Trinajstić information content (AvgIpc) is 2.47. The van der Waals surface area contributed by atoms with Gasteiger partial charge in [0.25, 0.3) is 0 Å². The molecule has 1 aliphatic carbocycles. The Balaban J connectivity index is 1.77. The van der Waals surface area contributed by atoms with Gasteiger partial charge in [0.15, 0.2) is 0 Å². The molecule has 2 aromatic rings. The van der Waals surface area contributed by atoms with Crippen LogP contribution >= 0.6 is 0 Å². The molecule has 3 rings (SSSR count). The van der Waals surface area contributed by atoms with Crippen LogP contribution in [0.2, 0.25) is 0 Å². The third kappa shape index (κ3) is 2.78. The van der Waals surface area contributed by atoms with Crippen LogP contribution in [0, 0.1) is 0 Å². The van der Waals surface area contributed by atoms with E-state index < -0.39 is 0 Å². The van der Waals surface area contributed by atoms with Crippen LogP contribution in [-0.4, -0.2) is 5.54 Å². The van der Waals surface area contributed by atoms with Crippen molar-refractivity contribution in [2.45, 2.75) is 44.6 Å². The predicted molar refractivity (Wildman–Crippen MR) is 84.9 cm³/mol. The Morgan fingerprint density at radius 2 is 1.60 bits per heavy atom. The Bertz CT molecular complexity index is 585. The van der Waals surface area contributed by atoms with Gasteiger partial charge < -0.3 is 5.73 Å². The standard InChI is InChI=1S/C19H23N/c1-2-15-7-9-16(10-8-15)13-19(20)12-11-17-5-3-4-6-18(17)14-19/h3-10H,2,11-14,20H2,1H3. The van der Waals surface area contributed by atoms with Gasteiger partial charge in [-0.25, -0.2) is 0 Å². The number of hydrogen-bond acceptors (Lipinski definition) is 1. The van der Waals surface area contributed by atoms with E-state index in [4.69, 9.17) is 5.73 Å². The molecule has 0 fully saturated rings. The minimum absolute atomic E-state index is 0.0813. The summed E-state index contributed by atoms with van der Waals surface area (Å²) in [5, 5.41) is 0. The van der Waals surface area contributed by atoms with Crippen LogP contribution in [0.5, 0.6) is 0 Å². The smallest absolute Gasteiger partial charge is 0.0239 e. The van der Waals surface area contributed by atoms with Crippen molar-refractivity contribution in [2.75, 3.05) is 0 Å². The summed E-state index contributed by atoms with van der Waals surface area (Å²) in [5.74, 6) is 0. The lowest BCUT2D eigenvalue weighted by Gasteiger charge is -2.35. The molecule has 0 radical (unpaired) electrons. The molecule has 1 unspecified atom stereocenters. The molecular weight excluding hydrogens is 242 g/mol. The van der Waals surface area contributed by atoms with Crippen LogP contribution in [0.25, 0.3) is 0 Å². The van der Waals surface area contributed by atoms with Gasteiger partial charge in [-0.1, -0.05) is 55.5 Å². The van der Waals surface area contributed by atoms with Crippen LogP contribution in [0.1, 0.15) is 35.6 Å². The van der Waals surface area contributed by atoms with Crippen molar-refractivity contribution in [2.24, 2.45) is 5.73 Å². The van der Waals surface area contributed by atoms with E-state index in [1.807, 2.05) is 0 Å².